The van der Waals surface area contributed by atoms with Crippen LogP contribution < -0.4 is 5.32 Å². The van der Waals surface area contributed by atoms with E-state index in [-0.39, 0.29) is 12.0 Å². The number of hydrogen-bond acceptors (Lipinski definition) is 4. The Bertz CT molecular complexity index is 2400. The van der Waals surface area contributed by atoms with Gasteiger partial charge < -0.3 is 9.88 Å². The van der Waals surface area contributed by atoms with Crippen LogP contribution >= 0.6 is 11.3 Å². The Hall–Kier alpha value is -5.44. The van der Waals surface area contributed by atoms with Gasteiger partial charge in [0.25, 0.3) is 0 Å². The van der Waals surface area contributed by atoms with E-state index in [9.17, 15) is 5.26 Å². The van der Waals surface area contributed by atoms with Gasteiger partial charge in [-0.1, -0.05) is 84.9 Å². The van der Waals surface area contributed by atoms with E-state index in [1.165, 1.54) is 42.0 Å². The number of nitriles is 1. The van der Waals surface area contributed by atoms with Gasteiger partial charge in [0.1, 0.15) is 11.9 Å². The first kappa shape index (κ1) is 25.1. The Labute approximate surface area is 258 Å². The first-order chi connectivity index (χ1) is 21.7. The lowest BCUT2D eigenvalue weighted by Crippen LogP contribution is -2.33. The highest BCUT2D eigenvalue weighted by Crippen LogP contribution is 2.42. The van der Waals surface area contributed by atoms with E-state index in [4.69, 9.17) is 4.99 Å². The van der Waals surface area contributed by atoms with Crippen molar-refractivity contribution >= 4 is 59.2 Å². The van der Waals surface area contributed by atoms with Gasteiger partial charge in [0, 0.05) is 53.5 Å². The van der Waals surface area contributed by atoms with Gasteiger partial charge in [-0.05, 0) is 54.5 Å². The Morgan fingerprint density at radius 3 is 2.36 bits per heavy atom. The number of aromatic nitrogens is 1. The lowest BCUT2D eigenvalue weighted by molar-refractivity contribution is 0.729. The predicted molar refractivity (Wildman–Crippen MR) is 182 cm³/mol. The first-order valence-electron chi connectivity index (χ1n) is 14.9. The standard InChI is InChI=1S/C39H26N4S/c40-23-24-14-19-30-33(20-24)41-39(26-8-2-1-3-9-26)42-38(30)25-15-17-27(18-16-25)43-34-12-6-4-10-28(34)31-21-32-29-11-5-7-13-36(29)44-37(32)22-35(31)43/h1-13,15-22,24,38H,14H2,(H,41,42). The Morgan fingerprint density at radius 1 is 0.750 bits per heavy atom. The molecule has 0 amide bonds. The Kier molecular flexibility index (Phi) is 5.59. The normalized spacial score (nSPS) is 18.0. The Morgan fingerprint density at radius 2 is 1.52 bits per heavy atom. The number of amidine groups is 1. The van der Waals surface area contributed by atoms with Crippen LogP contribution in [-0.4, -0.2) is 10.4 Å². The molecule has 2 aromatic heterocycles. The van der Waals surface area contributed by atoms with E-state index in [2.05, 4.69) is 125 Å². The third kappa shape index (κ3) is 3.85. The van der Waals surface area contributed by atoms with Gasteiger partial charge in [0.2, 0.25) is 0 Å². The molecule has 2 atom stereocenters. The van der Waals surface area contributed by atoms with Crippen LogP contribution in [0.1, 0.15) is 23.6 Å². The average molecular weight is 583 g/mol. The molecule has 7 aromatic rings. The van der Waals surface area contributed by atoms with Gasteiger partial charge in [-0.2, -0.15) is 5.26 Å². The molecule has 9 rings (SSSR count). The van der Waals surface area contributed by atoms with Gasteiger partial charge in [0.05, 0.1) is 23.0 Å². The number of rotatable bonds is 3. The zero-order chi connectivity index (χ0) is 29.2. The maximum atomic E-state index is 9.63. The zero-order valence-corrected chi connectivity index (χ0v) is 24.6. The number of nitrogens with zero attached hydrogens (tertiary/aromatic N) is 3. The maximum absolute atomic E-state index is 9.63. The fraction of sp³-hybridized carbons (Fsp3) is 0.0769. The predicted octanol–water partition coefficient (Wildman–Crippen LogP) is 9.60. The van der Waals surface area contributed by atoms with E-state index in [0.717, 1.165) is 33.9 Å². The van der Waals surface area contributed by atoms with E-state index >= 15 is 0 Å². The summed E-state index contributed by atoms with van der Waals surface area (Å²) < 4.78 is 5.01. The molecular formula is C39H26N4S. The number of aliphatic imine (C=N–C) groups is 1. The van der Waals surface area contributed by atoms with Crippen LogP contribution in [0.25, 0.3) is 47.7 Å². The minimum absolute atomic E-state index is 0.137. The molecule has 1 aliphatic carbocycles. The molecule has 1 aliphatic heterocycles. The van der Waals surface area contributed by atoms with Crippen molar-refractivity contribution in [1.82, 2.24) is 9.88 Å². The van der Waals surface area contributed by atoms with Crippen molar-refractivity contribution in [3.8, 4) is 11.8 Å². The summed E-state index contributed by atoms with van der Waals surface area (Å²) in [4.78, 5) is 5.21. The summed E-state index contributed by atoms with van der Waals surface area (Å²) in [7, 11) is 0. The quantitative estimate of drug-likeness (QED) is 0.226. The van der Waals surface area contributed by atoms with Crippen LogP contribution in [0.4, 0.5) is 0 Å². The summed E-state index contributed by atoms with van der Waals surface area (Å²) in [5.74, 6) is 0.693. The third-order valence-corrected chi connectivity index (χ3v) is 10.1. The van der Waals surface area contributed by atoms with Crippen molar-refractivity contribution in [3.05, 3.63) is 150 Å². The molecule has 0 saturated carbocycles. The van der Waals surface area contributed by atoms with Crippen molar-refractivity contribution < 1.29 is 0 Å². The van der Waals surface area contributed by atoms with E-state index in [1.807, 2.05) is 29.5 Å². The Balaban J connectivity index is 1.19. The molecule has 5 heteroatoms. The van der Waals surface area contributed by atoms with Gasteiger partial charge in [0.15, 0.2) is 0 Å². The second kappa shape index (κ2) is 9.80. The van der Waals surface area contributed by atoms with Crippen LogP contribution in [0.5, 0.6) is 0 Å². The van der Waals surface area contributed by atoms with Crippen molar-refractivity contribution in [2.24, 2.45) is 10.9 Å². The smallest absolute Gasteiger partial charge is 0.133 e. The summed E-state index contributed by atoms with van der Waals surface area (Å²) in [6, 6.07) is 43.5. The van der Waals surface area contributed by atoms with Gasteiger partial charge >= 0.3 is 0 Å². The minimum atomic E-state index is -0.150. The molecule has 1 N–H and O–H groups in total. The third-order valence-electron chi connectivity index (χ3n) is 8.93. The highest BCUT2D eigenvalue weighted by molar-refractivity contribution is 7.25. The summed E-state index contributed by atoms with van der Waals surface area (Å²) in [6.07, 6.45) is 4.94. The summed E-state index contributed by atoms with van der Waals surface area (Å²) >= 11 is 1.86. The first-order valence-corrected chi connectivity index (χ1v) is 15.7. The topological polar surface area (TPSA) is 53.1 Å². The van der Waals surface area contributed by atoms with Crippen molar-refractivity contribution in [1.29, 1.82) is 5.26 Å². The summed E-state index contributed by atoms with van der Waals surface area (Å²) in [5, 5.41) is 18.3. The number of para-hydroxylation sites is 1. The maximum Gasteiger partial charge on any atom is 0.133 e. The van der Waals surface area contributed by atoms with E-state index in [0.29, 0.717) is 6.42 Å². The molecule has 0 bridgehead atoms. The fourth-order valence-electron chi connectivity index (χ4n) is 6.82. The molecular weight excluding hydrogens is 557 g/mol. The number of thiophene rings is 1. The van der Waals surface area contributed by atoms with Crippen LogP contribution in [0, 0.1) is 17.2 Å². The van der Waals surface area contributed by atoms with Crippen LogP contribution in [0.3, 0.4) is 0 Å². The molecule has 0 fully saturated rings. The lowest BCUT2D eigenvalue weighted by Gasteiger charge is -2.31. The molecule has 3 heterocycles. The van der Waals surface area contributed by atoms with Crippen LogP contribution in [0.2, 0.25) is 0 Å². The second-order valence-corrected chi connectivity index (χ2v) is 12.6. The summed E-state index contributed by atoms with van der Waals surface area (Å²) in [6.45, 7) is 0. The molecule has 2 unspecified atom stereocenters. The largest absolute Gasteiger partial charge is 0.340 e. The van der Waals surface area contributed by atoms with E-state index < -0.39 is 0 Å². The highest BCUT2D eigenvalue weighted by atomic mass is 32.1. The number of benzene rings is 5. The molecule has 0 radical (unpaired) electrons. The fourth-order valence-corrected chi connectivity index (χ4v) is 7.94. The van der Waals surface area contributed by atoms with Crippen molar-refractivity contribution in [2.75, 3.05) is 0 Å². The molecule has 4 nitrogen and oxygen atoms in total. The van der Waals surface area contributed by atoms with Crippen LogP contribution in [-0.2, 0) is 0 Å². The minimum Gasteiger partial charge on any atom is -0.340 e. The molecule has 0 spiro atoms. The molecule has 208 valence electrons. The highest BCUT2D eigenvalue weighted by Gasteiger charge is 2.29. The molecule has 2 aliphatic rings. The number of hydrogen-bond donors (Lipinski definition) is 1. The number of fused-ring (bicyclic) bond motifs is 7. The molecule has 44 heavy (non-hydrogen) atoms. The zero-order valence-electron chi connectivity index (χ0n) is 23.7. The second-order valence-electron chi connectivity index (χ2n) is 11.5. The molecule has 5 aromatic carbocycles. The van der Waals surface area contributed by atoms with Gasteiger partial charge in [-0.25, -0.2) is 0 Å². The summed E-state index contributed by atoms with van der Waals surface area (Å²) in [5.41, 5.74) is 7.82. The van der Waals surface area contributed by atoms with Crippen molar-refractivity contribution in [2.45, 2.75) is 12.5 Å². The monoisotopic (exact) mass is 582 g/mol. The SMILES string of the molecule is N#CC1C=C2NC(c3ccccc3)=NC(c3ccc(-n4c5ccccc5c5cc6c(cc54)sc4ccccc46)cc3)C2=CC1. The number of allylic oxidation sites excluding steroid dienone is 2. The number of nitrogens with one attached hydrogen (secondary N) is 1. The van der Waals surface area contributed by atoms with Crippen LogP contribution in [0.15, 0.2) is 144 Å². The van der Waals surface area contributed by atoms with Crippen molar-refractivity contribution in [3.63, 3.8) is 0 Å². The average Bonchev–Trinajstić information content (AvgIpc) is 3.61. The van der Waals surface area contributed by atoms with E-state index in [1.54, 1.807) is 0 Å². The lowest BCUT2D eigenvalue weighted by atomic mass is 9.87. The van der Waals surface area contributed by atoms with Gasteiger partial charge in [-0.3, -0.25) is 4.99 Å². The van der Waals surface area contributed by atoms with Gasteiger partial charge in [-0.15, -0.1) is 11.3 Å². The molecule has 0 saturated heterocycles.